The van der Waals surface area contributed by atoms with Gasteiger partial charge in [0.2, 0.25) is 0 Å². The van der Waals surface area contributed by atoms with Crippen LogP contribution in [-0.2, 0) is 19.6 Å². The molecule has 1 aliphatic rings. The second kappa shape index (κ2) is 6.83. The number of aromatic nitrogens is 1. The highest BCUT2D eigenvalue weighted by Crippen LogP contribution is 2.32. The van der Waals surface area contributed by atoms with Crippen LogP contribution in [0.4, 0.5) is 5.69 Å². The summed E-state index contributed by atoms with van der Waals surface area (Å²) in [6.45, 7) is 2.62. The van der Waals surface area contributed by atoms with Crippen molar-refractivity contribution in [3.63, 3.8) is 0 Å². The van der Waals surface area contributed by atoms with E-state index in [1.807, 2.05) is 24.4 Å². The van der Waals surface area contributed by atoms with Crippen molar-refractivity contribution < 1.29 is 6.16 Å². The quantitative estimate of drug-likeness (QED) is 0.732. The van der Waals surface area contributed by atoms with Crippen LogP contribution in [-0.4, -0.2) is 11.5 Å². The summed E-state index contributed by atoms with van der Waals surface area (Å²) in [5.74, 6) is 0.941. The number of hydrogen-bond donors (Lipinski definition) is 1. The van der Waals surface area contributed by atoms with Crippen LogP contribution in [0.3, 0.4) is 0 Å². The number of nitrogens with one attached hydrogen (secondary N) is 1. The molecular formula is C21H24N2O. The molecule has 24 heavy (non-hydrogen) atoms. The van der Waals surface area contributed by atoms with Gasteiger partial charge in [-0.05, 0) is 42.2 Å². The van der Waals surface area contributed by atoms with Crippen molar-refractivity contribution in [2.45, 2.75) is 26.0 Å². The van der Waals surface area contributed by atoms with Crippen molar-refractivity contribution in [1.29, 1.82) is 0 Å². The van der Waals surface area contributed by atoms with E-state index in [-0.39, 0.29) is 1.43 Å². The van der Waals surface area contributed by atoms with Gasteiger partial charge in [-0.25, -0.2) is 0 Å². The average Bonchev–Trinajstić information content (AvgIpc) is 3.14. The van der Waals surface area contributed by atoms with Gasteiger partial charge in [-0.15, -0.1) is 0 Å². The lowest BCUT2D eigenvalue weighted by Crippen LogP contribution is -2.28. The van der Waals surface area contributed by atoms with E-state index in [2.05, 4.69) is 52.3 Å². The van der Waals surface area contributed by atoms with Gasteiger partial charge in [0.05, 0.1) is 6.54 Å². The van der Waals surface area contributed by atoms with Gasteiger partial charge in [0.1, 0.15) is 12.4 Å². The number of H-pyrrole nitrogens is 1. The molecule has 0 aliphatic carbocycles. The molecule has 3 nitrogen and oxygen atoms in total. The summed E-state index contributed by atoms with van der Waals surface area (Å²) in [5.41, 5.74) is 5.16. The summed E-state index contributed by atoms with van der Waals surface area (Å²) in [7, 11) is 0. The van der Waals surface area contributed by atoms with Crippen LogP contribution in [0.25, 0.3) is 0 Å². The van der Waals surface area contributed by atoms with Crippen LogP contribution in [0.2, 0.25) is 0 Å². The predicted octanol–water partition coefficient (Wildman–Crippen LogP) is 4.79. The van der Waals surface area contributed by atoms with Crippen LogP contribution in [0.15, 0.2) is 66.9 Å². The summed E-state index contributed by atoms with van der Waals surface area (Å²) >= 11 is 0. The first-order valence-corrected chi connectivity index (χ1v) is 8.55. The second-order valence-corrected chi connectivity index (χ2v) is 6.29. The Hall–Kier alpha value is -2.68. The highest BCUT2D eigenvalue weighted by molar-refractivity contribution is 5.59. The van der Waals surface area contributed by atoms with Crippen molar-refractivity contribution in [3.05, 3.63) is 83.7 Å². The summed E-state index contributed by atoms with van der Waals surface area (Å²) in [4.78, 5) is 5.75. The van der Waals surface area contributed by atoms with Gasteiger partial charge in [-0.2, -0.15) is 0 Å². The van der Waals surface area contributed by atoms with Crippen molar-refractivity contribution in [2.24, 2.45) is 0 Å². The molecule has 0 saturated carbocycles. The summed E-state index contributed by atoms with van der Waals surface area (Å²) in [6, 6.07) is 21.0. The first kappa shape index (κ1) is 14.9. The van der Waals surface area contributed by atoms with Crippen molar-refractivity contribution >= 4 is 5.69 Å². The molecule has 124 valence electrons. The minimum absolute atomic E-state index is 0. The maximum absolute atomic E-state index is 6.01. The van der Waals surface area contributed by atoms with Gasteiger partial charge in [0.25, 0.3) is 0 Å². The van der Waals surface area contributed by atoms with E-state index in [0.29, 0.717) is 6.61 Å². The van der Waals surface area contributed by atoms with Crippen LogP contribution in [0.5, 0.6) is 5.75 Å². The smallest absolute Gasteiger partial charge is 0.121 e. The molecule has 1 aromatic heterocycles. The van der Waals surface area contributed by atoms with E-state index in [1.54, 1.807) is 0 Å². The molecule has 2 aromatic carbocycles. The minimum Gasteiger partial charge on any atom is -0.489 e. The number of rotatable bonds is 5. The number of aromatic amines is 1. The number of nitrogens with zero attached hydrogens (tertiary/aromatic N) is 1. The SMILES string of the molecule is [HH].c1ccc(COc2ccc3c(c2)N(Cc2ccc[nH]2)CCC3)cc1. The number of ether oxygens (including phenoxy) is 1. The fourth-order valence-electron chi connectivity index (χ4n) is 3.30. The molecule has 4 rings (SSSR count). The molecule has 3 heteroatoms. The lowest BCUT2D eigenvalue weighted by atomic mass is 10.0. The standard InChI is InChI=1S/C21H22N2O.H2/c1-2-6-17(7-3-1)16-24-20-11-10-18-8-5-13-23(21(18)14-20)15-19-9-4-12-22-19;/h1-4,6-7,9-12,14,22H,5,8,13,15-16H2;1H. The third-order valence-corrected chi connectivity index (χ3v) is 4.54. The maximum Gasteiger partial charge on any atom is 0.121 e. The molecule has 1 N–H and O–H groups in total. The Morgan fingerprint density at radius 2 is 1.96 bits per heavy atom. The van der Waals surface area contributed by atoms with Crippen LogP contribution < -0.4 is 9.64 Å². The van der Waals surface area contributed by atoms with Crippen molar-refractivity contribution in [1.82, 2.24) is 4.98 Å². The first-order chi connectivity index (χ1) is 11.9. The number of aryl methyl sites for hydroxylation is 1. The van der Waals surface area contributed by atoms with Crippen molar-refractivity contribution in [2.75, 3.05) is 11.4 Å². The molecule has 0 radical (unpaired) electrons. The van der Waals surface area contributed by atoms with Gasteiger partial charge >= 0.3 is 0 Å². The molecule has 0 spiro atoms. The van der Waals surface area contributed by atoms with Crippen molar-refractivity contribution in [3.8, 4) is 5.75 Å². The Balaban J connectivity index is 0.00000182. The maximum atomic E-state index is 6.01. The molecule has 0 saturated heterocycles. The molecule has 0 atom stereocenters. The van der Waals surface area contributed by atoms with E-state index in [9.17, 15) is 0 Å². The summed E-state index contributed by atoms with van der Waals surface area (Å²) in [5, 5.41) is 0. The molecule has 1 aliphatic heterocycles. The van der Waals surface area contributed by atoms with E-state index in [4.69, 9.17) is 4.74 Å². The van der Waals surface area contributed by atoms with Crippen LogP contribution in [0, 0.1) is 0 Å². The van der Waals surface area contributed by atoms with Gasteiger partial charge in [-0.1, -0.05) is 36.4 Å². The summed E-state index contributed by atoms with van der Waals surface area (Å²) in [6.07, 6.45) is 4.34. The zero-order chi connectivity index (χ0) is 16.2. The van der Waals surface area contributed by atoms with Gasteiger partial charge in [0.15, 0.2) is 0 Å². The Morgan fingerprint density at radius 3 is 2.79 bits per heavy atom. The minimum atomic E-state index is 0. The summed E-state index contributed by atoms with van der Waals surface area (Å²) < 4.78 is 6.01. The normalized spacial score (nSPS) is 13.6. The number of fused-ring (bicyclic) bond motifs is 1. The predicted molar refractivity (Wildman–Crippen MR) is 99.5 cm³/mol. The number of hydrogen-bond acceptors (Lipinski definition) is 2. The monoisotopic (exact) mass is 320 g/mol. The third kappa shape index (κ3) is 3.30. The molecular weight excluding hydrogens is 296 g/mol. The lowest BCUT2D eigenvalue weighted by molar-refractivity contribution is 0.306. The van der Waals surface area contributed by atoms with E-state index >= 15 is 0 Å². The topological polar surface area (TPSA) is 28.3 Å². The Labute approximate surface area is 144 Å². The highest BCUT2D eigenvalue weighted by atomic mass is 16.5. The molecule has 3 aromatic rings. The number of anilines is 1. The highest BCUT2D eigenvalue weighted by Gasteiger charge is 2.18. The molecule has 2 heterocycles. The van der Waals surface area contributed by atoms with Gasteiger partial charge < -0.3 is 14.6 Å². The fourth-order valence-corrected chi connectivity index (χ4v) is 3.30. The molecule has 0 fully saturated rings. The fraction of sp³-hybridized carbons (Fsp3) is 0.238. The Bertz CT molecular complexity index is 787. The average molecular weight is 320 g/mol. The van der Waals surface area contributed by atoms with E-state index < -0.39 is 0 Å². The van der Waals surface area contributed by atoms with Gasteiger partial charge in [-0.3, -0.25) is 0 Å². The third-order valence-electron chi connectivity index (χ3n) is 4.54. The zero-order valence-electron chi connectivity index (χ0n) is 13.7. The lowest BCUT2D eigenvalue weighted by Gasteiger charge is -2.31. The second-order valence-electron chi connectivity index (χ2n) is 6.29. The van der Waals surface area contributed by atoms with E-state index in [0.717, 1.165) is 25.3 Å². The molecule has 0 amide bonds. The van der Waals surface area contributed by atoms with Crippen LogP contribution in [0.1, 0.15) is 24.7 Å². The van der Waals surface area contributed by atoms with Crippen LogP contribution >= 0.6 is 0 Å². The largest absolute Gasteiger partial charge is 0.489 e. The van der Waals surface area contributed by atoms with E-state index in [1.165, 1.54) is 28.9 Å². The molecule has 0 bridgehead atoms. The number of benzene rings is 2. The zero-order valence-corrected chi connectivity index (χ0v) is 13.7. The molecule has 0 unspecified atom stereocenters. The Morgan fingerprint density at radius 1 is 1.04 bits per heavy atom. The Kier molecular flexibility index (Phi) is 4.24. The first-order valence-electron chi connectivity index (χ1n) is 8.55. The van der Waals surface area contributed by atoms with Gasteiger partial charge in [0, 0.05) is 31.6 Å².